The van der Waals surface area contributed by atoms with E-state index in [0.29, 0.717) is 19.4 Å². The molecule has 0 saturated carbocycles. The average molecular weight is 1230 g/mol. The highest BCUT2D eigenvalue weighted by atomic mass is 32.3. The summed E-state index contributed by atoms with van der Waals surface area (Å²) in [6, 6.07) is 0. The van der Waals surface area contributed by atoms with Gasteiger partial charge in [0.2, 0.25) is 0 Å². The molecule has 0 aromatic rings. The molecule has 1 aliphatic heterocycles. The molecule has 17 unspecified atom stereocenters. The van der Waals surface area contributed by atoms with Gasteiger partial charge in [-0.1, -0.05) is 161 Å². The number of guanidine groups is 1. The van der Waals surface area contributed by atoms with Crippen molar-refractivity contribution in [2.45, 2.75) is 203 Å². The number of nitrogens with zero attached hydrogens (tertiary/aromatic N) is 1. The molecule has 1 aliphatic rings. The van der Waals surface area contributed by atoms with E-state index in [1.165, 1.54) is 44.2 Å². The van der Waals surface area contributed by atoms with Crippen LogP contribution < -0.4 is 11.5 Å². The van der Waals surface area contributed by atoms with Gasteiger partial charge in [0.15, 0.2) is 5.96 Å². The maximum Gasteiger partial charge on any atom is 0.397 e. The van der Waals surface area contributed by atoms with E-state index in [9.17, 15) is 78.7 Å². The van der Waals surface area contributed by atoms with Crippen LogP contribution in [0.3, 0.4) is 0 Å². The van der Waals surface area contributed by atoms with Crippen LogP contribution in [0.15, 0.2) is 150 Å². The minimum Gasteiger partial charge on any atom is -0.478 e. The molecule has 0 radical (unpaired) electrons. The Morgan fingerprint density at radius 1 is 0.605 bits per heavy atom. The molecule has 0 bridgehead atoms. The van der Waals surface area contributed by atoms with Gasteiger partial charge in [-0.25, -0.2) is 8.98 Å². The number of carboxylic acids is 1. The van der Waals surface area contributed by atoms with Crippen molar-refractivity contribution in [3.63, 3.8) is 0 Å². The number of ketones is 1. The average Bonchev–Trinajstić information content (AvgIpc) is 2.65. The van der Waals surface area contributed by atoms with Crippen LogP contribution >= 0.6 is 0 Å². The predicted octanol–water partition coefficient (Wildman–Crippen LogP) is 4.27. The van der Waals surface area contributed by atoms with Gasteiger partial charge in [0.05, 0.1) is 79.4 Å². The fourth-order valence-corrected chi connectivity index (χ4v) is 9.25. The number of Topliss-reactive ketones (excluding diaryl/α,β-unsaturated/α-hetero) is 1. The lowest BCUT2D eigenvalue weighted by Crippen LogP contribution is -2.32. The molecule has 1 heterocycles. The molecule has 86 heavy (non-hydrogen) atoms. The second-order valence-electron chi connectivity index (χ2n) is 21.7. The van der Waals surface area contributed by atoms with Crippen LogP contribution in [-0.4, -0.2) is 184 Å². The summed E-state index contributed by atoms with van der Waals surface area (Å²) in [5.41, 5.74) is 10.8. The Kier molecular flexibility index (Phi) is 41.2. The van der Waals surface area contributed by atoms with Crippen LogP contribution in [0.5, 0.6) is 0 Å². The van der Waals surface area contributed by atoms with Crippen LogP contribution in [0, 0.1) is 17.8 Å². The molecule has 1 rings (SSSR count). The highest BCUT2D eigenvalue weighted by Crippen LogP contribution is 2.33. The quantitative estimate of drug-likeness (QED) is 0.00591. The maximum atomic E-state index is 13.1. The first-order valence-corrected chi connectivity index (χ1v) is 30.6. The number of aliphatic imine (C=N–C) groups is 1. The van der Waals surface area contributed by atoms with Crippen molar-refractivity contribution >= 4 is 28.1 Å². The number of aliphatic hydroxyl groups is 11. The lowest BCUT2D eigenvalue weighted by Gasteiger charge is -2.25. The lowest BCUT2D eigenvalue weighted by atomic mass is 9.88. The van der Waals surface area contributed by atoms with E-state index < -0.39 is 126 Å². The second-order valence-corrected chi connectivity index (χ2v) is 22.8. The smallest absolute Gasteiger partial charge is 0.397 e. The Morgan fingerprint density at radius 3 is 1.72 bits per heavy atom. The number of unbranched alkanes of at least 4 members (excludes halogenated alkanes) is 1. The Balaban J connectivity index is 2.46. The van der Waals surface area contributed by atoms with Crippen LogP contribution in [0.2, 0.25) is 0 Å². The molecule has 17 N–H and O–H groups in total. The molecule has 0 spiro atoms. The summed E-state index contributed by atoms with van der Waals surface area (Å²) in [6.45, 7) is 6.93. The van der Waals surface area contributed by atoms with E-state index in [1.54, 1.807) is 92.0 Å². The monoisotopic (exact) mass is 1230 g/mol. The normalized spacial score (nSPS) is 21.1. The zero-order valence-corrected chi connectivity index (χ0v) is 50.8. The van der Waals surface area contributed by atoms with Crippen LogP contribution in [0.4, 0.5) is 0 Å². The summed E-state index contributed by atoms with van der Waals surface area (Å²) in [5, 5.41) is 124. The first-order chi connectivity index (χ1) is 40.6. The Hall–Kier alpha value is -5.32. The molecule has 0 aliphatic carbocycles. The van der Waals surface area contributed by atoms with Crippen molar-refractivity contribution in [3.8, 4) is 0 Å². The number of aliphatic carboxylic acids is 1. The molecule has 0 amide bonds. The van der Waals surface area contributed by atoms with Crippen molar-refractivity contribution in [1.29, 1.82) is 0 Å². The SMILES string of the molecule is CC(=CC=CC=CCCC=CC(C)C(O)C(C)C(O)C=CC=CC=CC=CC=CC=CCC(OS(=O)(=O)O)C(C)C(=O)CC(O)CC(O)C=CCC(O)CC(O)CC(O)C1OC1CC(O)CC(O)C=CCC(O)CC(O)CCCN=C(N)N)C(=O)O. The number of epoxide rings is 1. The molecule has 1 fully saturated rings. The van der Waals surface area contributed by atoms with Crippen molar-refractivity contribution in [1.82, 2.24) is 0 Å². The molecular weight excluding hydrogens is 1130 g/mol. The van der Waals surface area contributed by atoms with Gasteiger partial charge in [-0.3, -0.25) is 14.3 Å². The first-order valence-electron chi connectivity index (χ1n) is 29.2. The second kappa shape index (κ2) is 45.0. The molecular formula is C63H99N3O19S. The summed E-state index contributed by atoms with van der Waals surface area (Å²) in [6.07, 6.45) is 26.7. The number of rotatable bonds is 47. The summed E-state index contributed by atoms with van der Waals surface area (Å²) >= 11 is 0. The first kappa shape index (κ1) is 78.7. The number of carbonyl (C=O) groups is 2. The molecule has 1 saturated heterocycles. The number of carboxylic acid groups (broad SMARTS) is 1. The zero-order valence-electron chi connectivity index (χ0n) is 50.0. The van der Waals surface area contributed by atoms with Gasteiger partial charge >= 0.3 is 16.4 Å². The van der Waals surface area contributed by atoms with Gasteiger partial charge in [0.1, 0.15) is 11.9 Å². The van der Waals surface area contributed by atoms with Crippen molar-refractivity contribution in [3.05, 3.63) is 145 Å². The molecule has 22 nitrogen and oxygen atoms in total. The highest BCUT2D eigenvalue weighted by molar-refractivity contribution is 7.80. The third-order valence-electron chi connectivity index (χ3n) is 13.8. The van der Waals surface area contributed by atoms with Gasteiger partial charge in [-0.05, 0) is 64.7 Å². The standard InChI is InChI=1S/C63H99N3O19S/c1-43(26-19-15-11-10-12-16-20-27-44(2)62(79)80)60(78)46(4)55(75)33-21-17-13-8-6-5-7-9-14-18-22-34-58(85-86(81,82)83)45(3)56(76)40-52(72)37-48(68)29-24-30-49(69)38-53(73)41-57(77)61-59(84-61)42-54(74)39-50(70)31-23-28-47(67)36-51(71)32-25-35-66-63(64)65/h5-10,12-14,16-24,26-27,29,31,33,43,45-55,57-61,67-75,77-78H,11,15,25,28,30,32,34-42H2,1-4H3,(H,79,80)(H4,64,65,66)(H,81,82,83). The van der Waals surface area contributed by atoms with Gasteiger partial charge < -0.3 is 77.5 Å². The van der Waals surface area contributed by atoms with E-state index in [-0.39, 0.29) is 75.2 Å². The fraction of sp³-hybridized carbons (Fsp3) is 0.571. The van der Waals surface area contributed by atoms with E-state index in [1.807, 2.05) is 31.2 Å². The van der Waals surface area contributed by atoms with E-state index in [2.05, 4.69) is 4.99 Å². The minimum atomic E-state index is -4.96. The van der Waals surface area contributed by atoms with Crippen molar-refractivity contribution in [2.24, 2.45) is 34.2 Å². The van der Waals surface area contributed by atoms with Gasteiger partial charge in [-0.15, -0.1) is 0 Å². The van der Waals surface area contributed by atoms with Gasteiger partial charge in [0, 0.05) is 62.0 Å². The summed E-state index contributed by atoms with van der Waals surface area (Å²) in [7, 11) is -4.96. The summed E-state index contributed by atoms with van der Waals surface area (Å²) < 4.78 is 43.0. The van der Waals surface area contributed by atoms with E-state index >= 15 is 0 Å². The fourth-order valence-electron chi connectivity index (χ4n) is 8.69. The highest BCUT2D eigenvalue weighted by Gasteiger charge is 2.45. The number of ether oxygens (including phenoxy) is 1. The van der Waals surface area contributed by atoms with E-state index in [0.717, 1.165) is 12.8 Å². The third-order valence-corrected chi connectivity index (χ3v) is 14.3. The molecule has 0 aromatic heterocycles. The predicted molar refractivity (Wildman–Crippen MR) is 331 cm³/mol. The number of allylic oxidation sites excluding steroid dienone is 16. The number of hydrogen-bond donors (Lipinski definition) is 15. The Labute approximate surface area is 508 Å². The van der Waals surface area contributed by atoms with Crippen LogP contribution in [-0.2, 0) is 28.9 Å². The minimum absolute atomic E-state index is 0.00562. The molecule has 0 aromatic carbocycles. The largest absolute Gasteiger partial charge is 0.478 e. The topological polar surface area (TPSA) is 417 Å². The van der Waals surface area contributed by atoms with Crippen LogP contribution in [0.25, 0.3) is 0 Å². The van der Waals surface area contributed by atoms with Gasteiger partial charge in [-0.2, -0.15) is 8.42 Å². The number of hydrogen-bond acceptors (Lipinski definition) is 18. The molecule has 17 atom stereocenters. The number of aliphatic hydroxyl groups excluding tert-OH is 11. The van der Waals surface area contributed by atoms with Gasteiger partial charge in [0.25, 0.3) is 0 Å². The molecule has 23 heteroatoms. The summed E-state index contributed by atoms with van der Waals surface area (Å²) in [4.78, 5) is 27.7. The number of carbonyl (C=O) groups excluding carboxylic acids is 1. The molecule has 486 valence electrons. The van der Waals surface area contributed by atoms with E-state index in [4.69, 9.17) is 25.5 Å². The Morgan fingerprint density at radius 2 is 1.14 bits per heavy atom. The third kappa shape index (κ3) is 40.2. The summed E-state index contributed by atoms with van der Waals surface area (Å²) in [5.74, 6) is -3.30. The van der Waals surface area contributed by atoms with Crippen molar-refractivity contribution in [2.75, 3.05) is 6.54 Å². The zero-order chi connectivity index (χ0) is 64.6. The lowest BCUT2D eigenvalue weighted by molar-refractivity contribution is -0.132. The van der Waals surface area contributed by atoms with Crippen LogP contribution in [0.1, 0.15) is 118 Å². The maximum absolute atomic E-state index is 13.1. The van der Waals surface area contributed by atoms with Crippen molar-refractivity contribution < 1.29 is 92.8 Å². The number of nitrogens with two attached hydrogens (primary N) is 2. The Bertz CT molecular complexity index is 2450.